The second-order valence-electron chi connectivity index (χ2n) is 8.18. The quantitative estimate of drug-likeness (QED) is 0.623. The Labute approximate surface area is 191 Å². The van der Waals surface area contributed by atoms with E-state index >= 15 is 0 Å². The Morgan fingerprint density at radius 3 is 2.72 bits per heavy atom. The summed E-state index contributed by atoms with van der Waals surface area (Å²) in [6, 6.07) is 15.1. The molecule has 32 heavy (non-hydrogen) atoms. The first kappa shape index (κ1) is 20.7. The van der Waals surface area contributed by atoms with E-state index in [-0.39, 0.29) is 17.7 Å². The van der Waals surface area contributed by atoms with Crippen molar-refractivity contribution in [2.24, 2.45) is 0 Å². The minimum atomic E-state index is -0.257. The highest BCUT2D eigenvalue weighted by molar-refractivity contribution is 7.16. The lowest BCUT2D eigenvalue weighted by Gasteiger charge is -2.33. The van der Waals surface area contributed by atoms with Crippen molar-refractivity contribution in [2.45, 2.75) is 38.0 Å². The van der Waals surface area contributed by atoms with Crippen molar-refractivity contribution >= 4 is 34.0 Å². The van der Waals surface area contributed by atoms with E-state index < -0.39 is 0 Å². The Balaban J connectivity index is 1.37. The first-order chi connectivity index (χ1) is 15.6. The van der Waals surface area contributed by atoms with Crippen LogP contribution in [-0.2, 0) is 17.6 Å². The minimum Gasteiger partial charge on any atom is -0.497 e. The molecule has 0 saturated heterocycles. The number of aromatic nitrogens is 1. The molecule has 0 fully saturated rings. The predicted molar refractivity (Wildman–Crippen MR) is 126 cm³/mol. The third-order valence-electron chi connectivity index (χ3n) is 6.20. The zero-order valence-electron chi connectivity index (χ0n) is 18.0. The molecule has 1 unspecified atom stereocenters. The van der Waals surface area contributed by atoms with Crippen LogP contribution in [0, 0.1) is 0 Å². The summed E-state index contributed by atoms with van der Waals surface area (Å²) in [5.41, 5.74) is 3.63. The van der Waals surface area contributed by atoms with E-state index in [2.05, 4.69) is 11.4 Å². The second-order valence-corrected chi connectivity index (χ2v) is 9.26. The van der Waals surface area contributed by atoms with E-state index in [0.29, 0.717) is 16.4 Å². The van der Waals surface area contributed by atoms with Crippen molar-refractivity contribution < 1.29 is 14.3 Å². The molecular formula is C25H25N3O3S. The van der Waals surface area contributed by atoms with Gasteiger partial charge in [-0.15, -0.1) is 11.3 Å². The fourth-order valence-electron chi connectivity index (χ4n) is 4.57. The van der Waals surface area contributed by atoms with Gasteiger partial charge in [0.15, 0.2) is 5.13 Å². The van der Waals surface area contributed by atoms with Crippen LogP contribution in [-0.4, -0.2) is 30.5 Å². The number of methoxy groups -OCH3 is 1. The smallest absolute Gasteiger partial charge is 0.257 e. The lowest BCUT2D eigenvalue weighted by molar-refractivity contribution is -0.120. The van der Waals surface area contributed by atoms with Crippen molar-refractivity contribution in [3.8, 4) is 5.75 Å². The zero-order valence-corrected chi connectivity index (χ0v) is 18.8. The zero-order chi connectivity index (χ0) is 22.1. The van der Waals surface area contributed by atoms with E-state index in [4.69, 9.17) is 9.72 Å². The number of benzene rings is 2. The van der Waals surface area contributed by atoms with Crippen LogP contribution < -0.4 is 15.0 Å². The fraction of sp³-hybridized carbons (Fsp3) is 0.320. The Bertz CT molecular complexity index is 1160. The van der Waals surface area contributed by atoms with Gasteiger partial charge >= 0.3 is 0 Å². The van der Waals surface area contributed by atoms with Gasteiger partial charge in [0, 0.05) is 22.7 Å². The molecular weight excluding hydrogens is 422 g/mol. The van der Waals surface area contributed by atoms with Crippen LogP contribution in [0.25, 0.3) is 0 Å². The van der Waals surface area contributed by atoms with Gasteiger partial charge in [0.1, 0.15) is 5.75 Å². The number of amides is 2. The topological polar surface area (TPSA) is 71.5 Å². The number of aryl methyl sites for hydroxylation is 2. The average Bonchev–Trinajstić information content (AvgIpc) is 3.25. The van der Waals surface area contributed by atoms with Crippen LogP contribution in [0.4, 0.5) is 10.8 Å². The van der Waals surface area contributed by atoms with Crippen LogP contribution in [0.5, 0.6) is 5.75 Å². The minimum absolute atomic E-state index is 0.122. The summed E-state index contributed by atoms with van der Waals surface area (Å²) in [6.07, 6.45) is 4.62. The van der Waals surface area contributed by atoms with E-state index in [1.165, 1.54) is 16.9 Å². The SMILES string of the molecule is COc1ccc(C(=O)Nc2nc3c(s2)CCCC3C(=O)N2CCCc3ccccc32)cc1. The summed E-state index contributed by atoms with van der Waals surface area (Å²) in [7, 11) is 1.59. The molecule has 2 aliphatic rings. The number of carbonyl (C=O) groups excluding carboxylic acids is 2. The number of hydrogen-bond donors (Lipinski definition) is 1. The van der Waals surface area contributed by atoms with E-state index in [0.717, 1.165) is 54.9 Å². The van der Waals surface area contributed by atoms with E-state index in [9.17, 15) is 9.59 Å². The summed E-state index contributed by atoms with van der Waals surface area (Å²) < 4.78 is 5.15. The van der Waals surface area contributed by atoms with E-state index in [1.54, 1.807) is 31.4 Å². The molecule has 0 saturated carbocycles. The van der Waals surface area contributed by atoms with Gasteiger partial charge in [-0.2, -0.15) is 0 Å². The summed E-state index contributed by atoms with van der Waals surface area (Å²) in [6.45, 7) is 0.743. The van der Waals surface area contributed by atoms with Gasteiger partial charge in [-0.25, -0.2) is 4.98 Å². The number of ether oxygens (including phenoxy) is 1. The maximum Gasteiger partial charge on any atom is 0.257 e. The maximum absolute atomic E-state index is 13.6. The van der Waals surface area contributed by atoms with Crippen LogP contribution in [0.15, 0.2) is 48.5 Å². The number of thiazole rings is 1. The first-order valence-electron chi connectivity index (χ1n) is 11.0. The standard InChI is InChI=1S/C25H25N3O3S/c1-31-18-13-11-17(12-14-18)23(29)27-25-26-22-19(8-4-10-21(22)32-25)24(30)28-15-5-7-16-6-2-3-9-20(16)28/h2-3,6,9,11-14,19H,4-5,7-8,10,15H2,1H3,(H,26,27,29). The summed E-state index contributed by atoms with van der Waals surface area (Å²) >= 11 is 1.48. The van der Waals surface area contributed by atoms with Crippen molar-refractivity contribution in [1.82, 2.24) is 4.98 Å². The molecule has 1 aliphatic carbocycles. The molecule has 1 N–H and O–H groups in total. The van der Waals surface area contributed by atoms with Gasteiger partial charge < -0.3 is 9.64 Å². The van der Waals surface area contributed by atoms with Crippen molar-refractivity contribution in [1.29, 1.82) is 0 Å². The van der Waals surface area contributed by atoms with Crippen molar-refractivity contribution in [3.05, 3.63) is 70.2 Å². The van der Waals surface area contributed by atoms with Crippen LogP contribution >= 0.6 is 11.3 Å². The summed E-state index contributed by atoms with van der Waals surface area (Å²) in [5.74, 6) is 0.350. The number of fused-ring (bicyclic) bond motifs is 2. The Morgan fingerprint density at radius 1 is 1.09 bits per heavy atom. The number of anilines is 2. The largest absolute Gasteiger partial charge is 0.497 e. The molecule has 2 amide bonds. The lowest BCUT2D eigenvalue weighted by atomic mass is 9.89. The normalized spacial score (nSPS) is 17.3. The van der Waals surface area contributed by atoms with Crippen molar-refractivity contribution in [2.75, 3.05) is 23.9 Å². The van der Waals surface area contributed by atoms with Gasteiger partial charge in [-0.05, 0) is 68.0 Å². The van der Waals surface area contributed by atoms with Crippen LogP contribution in [0.2, 0.25) is 0 Å². The van der Waals surface area contributed by atoms with Crippen LogP contribution in [0.1, 0.15) is 51.7 Å². The highest BCUT2D eigenvalue weighted by Crippen LogP contribution is 2.39. The molecule has 1 aliphatic heterocycles. The number of rotatable bonds is 4. The molecule has 6 nitrogen and oxygen atoms in total. The second kappa shape index (κ2) is 8.74. The number of nitrogens with one attached hydrogen (secondary N) is 1. The molecule has 2 heterocycles. The number of hydrogen-bond acceptors (Lipinski definition) is 5. The van der Waals surface area contributed by atoms with Gasteiger partial charge in [0.05, 0.1) is 18.7 Å². The molecule has 7 heteroatoms. The number of carbonyl (C=O) groups is 2. The molecule has 0 bridgehead atoms. The highest BCUT2D eigenvalue weighted by Gasteiger charge is 2.35. The maximum atomic E-state index is 13.6. The van der Waals surface area contributed by atoms with Crippen molar-refractivity contribution in [3.63, 3.8) is 0 Å². The van der Waals surface area contributed by atoms with Gasteiger partial charge in [0.25, 0.3) is 5.91 Å². The molecule has 0 spiro atoms. The highest BCUT2D eigenvalue weighted by atomic mass is 32.1. The third-order valence-corrected chi connectivity index (χ3v) is 7.25. The molecule has 0 radical (unpaired) electrons. The molecule has 5 rings (SSSR count). The number of para-hydroxylation sites is 1. The molecule has 2 aromatic carbocycles. The molecule has 3 aromatic rings. The third kappa shape index (κ3) is 3.88. The Hall–Kier alpha value is -3.19. The Morgan fingerprint density at radius 2 is 1.91 bits per heavy atom. The monoisotopic (exact) mass is 447 g/mol. The van der Waals surface area contributed by atoms with Crippen LogP contribution in [0.3, 0.4) is 0 Å². The summed E-state index contributed by atoms with van der Waals surface area (Å²) in [5, 5.41) is 3.46. The Kier molecular flexibility index (Phi) is 5.66. The van der Waals surface area contributed by atoms with Gasteiger partial charge in [0.2, 0.25) is 5.91 Å². The van der Waals surface area contributed by atoms with Gasteiger partial charge in [-0.3, -0.25) is 14.9 Å². The molecule has 1 aromatic heterocycles. The number of nitrogens with zero attached hydrogens (tertiary/aromatic N) is 2. The fourth-order valence-corrected chi connectivity index (χ4v) is 5.63. The first-order valence-corrected chi connectivity index (χ1v) is 11.8. The lowest BCUT2D eigenvalue weighted by Crippen LogP contribution is -2.39. The molecule has 1 atom stereocenters. The average molecular weight is 448 g/mol. The summed E-state index contributed by atoms with van der Waals surface area (Å²) in [4.78, 5) is 34.0. The predicted octanol–water partition coefficient (Wildman–Crippen LogP) is 4.80. The van der Waals surface area contributed by atoms with E-state index in [1.807, 2.05) is 23.1 Å². The van der Waals surface area contributed by atoms with Gasteiger partial charge in [-0.1, -0.05) is 18.2 Å². The molecule has 164 valence electrons.